The summed E-state index contributed by atoms with van der Waals surface area (Å²) in [5, 5.41) is 2.64. The van der Waals surface area contributed by atoms with E-state index in [1.165, 1.54) is 12.1 Å². The van der Waals surface area contributed by atoms with Crippen LogP contribution in [-0.4, -0.2) is 42.2 Å². The summed E-state index contributed by atoms with van der Waals surface area (Å²) in [6.07, 6.45) is 1.66. The molecule has 120 valence electrons. The van der Waals surface area contributed by atoms with E-state index in [2.05, 4.69) is 20.2 Å². The fourth-order valence-electron chi connectivity index (χ4n) is 2.34. The number of hydrogen-bond donors (Lipinski definition) is 1. The number of nitrogens with one attached hydrogen (secondary N) is 1. The molecule has 3 rings (SSSR count). The molecule has 1 aliphatic heterocycles. The zero-order valence-corrected chi connectivity index (χ0v) is 12.5. The lowest BCUT2D eigenvalue weighted by Gasteiger charge is -2.27. The molecule has 7 heteroatoms. The van der Waals surface area contributed by atoms with Crippen LogP contribution < -0.4 is 10.2 Å². The molecule has 6 nitrogen and oxygen atoms in total. The molecule has 2 aromatic rings. The van der Waals surface area contributed by atoms with E-state index >= 15 is 0 Å². The van der Waals surface area contributed by atoms with Crippen molar-refractivity contribution in [3.63, 3.8) is 0 Å². The van der Waals surface area contributed by atoms with Crippen LogP contribution in [-0.2, 0) is 11.3 Å². The number of amides is 1. The topological polar surface area (TPSA) is 67.4 Å². The molecule has 0 saturated carbocycles. The van der Waals surface area contributed by atoms with Crippen molar-refractivity contribution in [1.29, 1.82) is 0 Å². The Kier molecular flexibility index (Phi) is 4.77. The van der Waals surface area contributed by atoms with Crippen LogP contribution in [0.25, 0.3) is 0 Å². The Morgan fingerprint density at radius 2 is 2.04 bits per heavy atom. The second kappa shape index (κ2) is 7.15. The van der Waals surface area contributed by atoms with Gasteiger partial charge >= 0.3 is 0 Å². The molecule has 1 amide bonds. The van der Waals surface area contributed by atoms with Crippen molar-refractivity contribution in [3.8, 4) is 0 Å². The summed E-state index contributed by atoms with van der Waals surface area (Å²) < 4.78 is 18.9. The number of anilines is 1. The maximum Gasteiger partial charge on any atom is 0.254 e. The number of aromatic nitrogens is 2. The van der Waals surface area contributed by atoms with Crippen LogP contribution in [0.15, 0.2) is 36.5 Å². The highest BCUT2D eigenvalue weighted by atomic mass is 19.1. The molecule has 1 aromatic heterocycles. The number of ether oxygens (including phenoxy) is 1. The van der Waals surface area contributed by atoms with Gasteiger partial charge in [-0.05, 0) is 18.2 Å². The van der Waals surface area contributed by atoms with E-state index in [4.69, 9.17) is 4.74 Å². The third-order valence-electron chi connectivity index (χ3n) is 3.55. The van der Waals surface area contributed by atoms with Crippen molar-refractivity contribution in [2.45, 2.75) is 6.54 Å². The summed E-state index contributed by atoms with van der Waals surface area (Å²) in [6.45, 7) is 3.04. The van der Waals surface area contributed by atoms with E-state index in [0.29, 0.717) is 19.0 Å². The summed E-state index contributed by atoms with van der Waals surface area (Å²) in [6, 6.07) is 7.68. The van der Waals surface area contributed by atoms with Crippen molar-refractivity contribution in [1.82, 2.24) is 15.3 Å². The molecular formula is C16H17FN4O2. The maximum absolute atomic E-state index is 13.6. The zero-order valence-electron chi connectivity index (χ0n) is 12.5. The summed E-state index contributed by atoms with van der Waals surface area (Å²) in [5.41, 5.74) is 0.0110. The van der Waals surface area contributed by atoms with E-state index in [1.54, 1.807) is 18.3 Å². The first-order valence-corrected chi connectivity index (χ1v) is 7.41. The van der Waals surface area contributed by atoms with Gasteiger partial charge in [0.2, 0.25) is 0 Å². The highest BCUT2D eigenvalue weighted by molar-refractivity contribution is 5.94. The lowest BCUT2D eigenvalue weighted by Crippen LogP contribution is -2.37. The van der Waals surface area contributed by atoms with Crippen LogP contribution in [0.4, 0.5) is 10.2 Å². The van der Waals surface area contributed by atoms with Gasteiger partial charge in [0.1, 0.15) is 17.5 Å². The van der Waals surface area contributed by atoms with Crippen molar-refractivity contribution in [2.75, 3.05) is 31.2 Å². The normalized spacial score (nSPS) is 14.6. The van der Waals surface area contributed by atoms with Crippen LogP contribution in [0, 0.1) is 5.82 Å². The van der Waals surface area contributed by atoms with Crippen molar-refractivity contribution in [3.05, 3.63) is 53.7 Å². The molecule has 0 radical (unpaired) electrons. The van der Waals surface area contributed by atoms with Crippen LogP contribution in [0.2, 0.25) is 0 Å². The van der Waals surface area contributed by atoms with E-state index in [0.717, 1.165) is 18.9 Å². The lowest BCUT2D eigenvalue weighted by atomic mass is 10.2. The number of hydrogen-bond acceptors (Lipinski definition) is 5. The molecule has 1 fully saturated rings. The Hall–Kier alpha value is -2.54. The van der Waals surface area contributed by atoms with Gasteiger partial charge in [0.25, 0.3) is 5.91 Å². The first-order chi connectivity index (χ1) is 11.2. The predicted octanol–water partition coefficient (Wildman–Crippen LogP) is 1.38. The van der Waals surface area contributed by atoms with E-state index in [9.17, 15) is 9.18 Å². The Morgan fingerprint density at radius 3 is 2.83 bits per heavy atom. The molecular weight excluding hydrogens is 299 g/mol. The van der Waals surface area contributed by atoms with Gasteiger partial charge in [-0.2, -0.15) is 0 Å². The summed E-state index contributed by atoms with van der Waals surface area (Å²) >= 11 is 0. The van der Waals surface area contributed by atoms with Crippen LogP contribution >= 0.6 is 0 Å². The minimum Gasteiger partial charge on any atom is -0.378 e. The standard InChI is InChI=1S/C16H17FN4O2/c17-13-4-2-1-3-12(13)16(22)19-11-14-18-6-5-15(20-14)21-7-9-23-10-8-21/h1-6H,7-11H2,(H,19,22). The van der Waals surface area contributed by atoms with Gasteiger partial charge in [-0.25, -0.2) is 14.4 Å². The molecule has 0 unspecified atom stereocenters. The number of halogens is 1. The SMILES string of the molecule is O=C(NCc1nccc(N2CCOCC2)n1)c1ccccc1F. The monoisotopic (exact) mass is 316 g/mol. The molecule has 0 aliphatic carbocycles. The average molecular weight is 316 g/mol. The Labute approximate surface area is 133 Å². The number of carbonyl (C=O) groups is 1. The molecule has 23 heavy (non-hydrogen) atoms. The highest BCUT2D eigenvalue weighted by Crippen LogP contribution is 2.12. The number of rotatable bonds is 4. The third-order valence-corrected chi connectivity index (χ3v) is 3.55. The fourth-order valence-corrected chi connectivity index (χ4v) is 2.34. The number of benzene rings is 1. The molecule has 1 saturated heterocycles. The first-order valence-electron chi connectivity index (χ1n) is 7.41. The van der Waals surface area contributed by atoms with Crippen molar-refractivity contribution in [2.24, 2.45) is 0 Å². The van der Waals surface area contributed by atoms with Crippen molar-refractivity contribution < 1.29 is 13.9 Å². The van der Waals surface area contributed by atoms with E-state index in [1.807, 2.05) is 6.07 Å². The Balaban J connectivity index is 1.64. The molecule has 2 heterocycles. The van der Waals surface area contributed by atoms with Gasteiger partial charge < -0.3 is 15.0 Å². The molecule has 0 atom stereocenters. The Morgan fingerprint density at radius 1 is 1.26 bits per heavy atom. The molecule has 1 aliphatic rings. The quantitative estimate of drug-likeness (QED) is 0.923. The first kappa shape index (κ1) is 15.4. The largest absolute Gasteiger partial charge is 0.378 e. The van der Waals surface area contributed by atoms with Gasteiger partial charge in [-0.15, -0.1) is 0 Å². The van der Waals surface area contributed by atoms with Crippen molar-refractivity contribution >= 4 is 11.7 Å². The van der Waals surface area contributed by atoms with Gasteiger partial charge in [0.05, 0.1) is 25.3 Å². The van der Waals surface area contributed by atoms with Crippen LogP contribution in [0.1, 0.15) is 16.2 Å². The van der Waals surface area contributed by atoms with Crippen LogP contribution in [0.5, 0.6) is 0 Å². The van der Waals surface area contributed by atoms with Gasteiger partial charge in [0, 0.05) is 19.3 Å². The lowest BCUT2D eigenvalue weighted by molar-refractivity contribution is 0.0946. The van der Waals surface area contributed by atoms with Gasteiger partial charge in [-0.3, -0.25) is 4.79 Å². The van der Waals surface area contributed by atoms with E-state index in [-0.39, 0.29) is 12.1 Å². The molecule has 0 bridgehead atoms. The number of carbonyl (C=O) groups excluding carboxylic acids is 1. The minimum atomic E-state index is -0.548. The Bertz CT molecular complexity index is 689. The molecule has 0 spiro atoms. The summed E-state index contributed by atoms with van der Waals surface area (Å²) in [5.74, 6) is 0.258. The number of nitrogens with zero attached hydrogens (tertiary/aromatic N) is 3. The van der Waals surface area contributed by atoms with Gasteiger partial charge in [-0.1, -0.05) is 12.1 Å². The summed E-state index contributed by atoms with van der Waals surface area (Å²) in [4.78, 5) is 22.7. The maximum atomic E-state index is 13.6. The van der Waals surface area contributed by atoms with E-state index < -0.39 is 11.7 Å². The number of morpholine rings is 1. The van der Waals surface area contributed by atoms with Gasteiger partial charge in [0.15, 0.2) is 0 Å². The highest BCUT2D eigenvalue weighted by Gasteiger charge is 2.14. The average Bonchev–Trinajstić information content (AvgIpc) is 2.61. The zero-order chi connectivity index (χ0) is 16.1. The fraction of sp³-hybridized carbons (Fsp3) is 0.312. The molecule has 1 aromatic carbocycles. The third kappa shape index (κ3) is 3.81. The smallest absolute Gasteiger partial charge is 0.254 e. The van der Waals surface area contributed by atoms with Crippen LogP contribution in [0.3, 0.4) is 0 Å². The minimum absolute atomic E-state index is 0.0110. The second-order valence-corrected chi connectivity index (χ2v) is 5.09. The predicted molar refractivity (Wildman–Crippen MR) is 82.6 cm³/mol. The second-order valence-electron chi connectivity index (χ2n) is 5.09. The molecule has 1 N–H and O–H groups in total. The summed E-state index contributed by atoms with van der Waals surface area (Å²) in [7, 11) is 0.